The first kappa shape index (κ1) is 20.6. The summed E-state index contributed by atoms with van der Waals surface area (Å²) in [6.45, 7) is -0.0337. The molecule has 3 N–H and O–H groups in total. The van der Waals surface area contributed by atoms with Gasteiger partial charge in [0.1, 0.15) is 4.90 Å². The van der Waals surface area contributed by atoms with E-state index in [1.807, 2.05) is 0 Å². The van der Waals surface area contributed by atoms with Gasteiger partial charge in [0, 0.05) is 17.1 Å². The van der Waals surface area contributed by atoms with Gasteiger partial charge in [-0.1, -0.05) is 12.1 Å². The van der Waals surface area contributed by atoms with Crippen LogP contribution < -0.4 is 19.3 Å². The van der Waals surface area contributed by atoms with E-state index in [2.05, 4.69) is 20.7 Å². The molecule has 8 nitrogen and oxygen atoms in total. The van der Waals surface area contributed by atoms with Crippen molar-refractivity contribution in [1.29, 1.82) is 0 Å². The van der Waals surface area contributed by atoms with Crippen LogP contribution in [0.2, 0.25) is 0 Å². The molecule has 0 spiro atoms. The smallest absolute Gasteiger partial charge is 0.242 e. The predicted octanol–water partition coefficient (Wildman–Crippen LogP) is 1.59. The summed E-state index contributed by atoms with van der Waals surface area (Å²) in [5, 5.41) is 5.03. The molecule has 0 saturated heterocycles. The quantitative estimate of drug-likeness (QED) is 0.640. The molecule has 2 rings (SSSR count). The summed E-state index contributed by atoms with van der Waals surface area (Å²) >= 11 is 3.21. The van der Waals surface area contributed by atoms with E-state index in [1.54, 1.807) is 0 Å². The summed E-state index contributed by atoms with van der Waals surface area (Å²) in [6.07, 6.45) is 0. The van der Waals surface area contributed by atoms with Gasteiger partial charge in [0.2, 0.25) is 20.0 Å². The van der Waals surface area contributed by atoms with Crippen molar-refractivity contribution in [3.8, 4) is 11.5 Å². The Labute approximate surface area is 160 Å². The van der Waals surface area contributed by atoms with Crippen LogP contribution in [0.1, 0.15) is 5.56 Å². The highest BCUT2D eigenvalue weighted by Crippen LogP contribution is 2.35. The van der Waals surface area contributed by atoms with Crippen molar-refractivity contribution >= 4 is 36.0 Å². The monoisotopic (exact) mass is 464 g/mol. The molecule has 0 saturated carbocycles. The van der Waals surface area contributed by atoms with Crippen molar-refractivity contribution in [3.05, 3.63) is 46.4 Å². The molecule has 0 atom stereocenters. The molecule has 0 aromatic heterocycles. The highest BCUT2D eigenvalue weighted by molar-refractivity contribution is 9.10. The molecule has 0 bridgehead atoms. The summed E-state index contributed by atoms with van der Waals surface area (Å²) in [7, 11) is -4.81. The summed E-state index contributed by atoms with van der Waals surface area (Å²) in [5.41, 5.74) is 0.567. The van der Waals surface area contributed by atoms with Crippen LogP contribution in [0.15, 0.2) is 50.7 Å². The Morgan fingerprint density at radius 3 is 2.04 bits per heavy atom. The van der Waals surface area contributed by atoms with E-state index < -0.39 is 20.0 Å². The minimum atomic E-state index is -3.86. The summed E-state index contributed by atoms with van der Waals surface area (Å²) in [6, 6.07) is 8.41. The number of ether oxygens (including phenoxy) is 2. The molecule has 0 amide bonds. The third-order valence-corrected chi connectivity index (χ3v) is 6.73. The number of benzene rings is 2. The molecule has 0 fully saturated rings. The molecule has 0 aliphatic rings. The first-order valence-corrected chi connectivity index (χ1v) is 10.9. The van der Waals surface area contributed by atoms with Crippen molar-refractivity contribution < 1.29 is 26.3 Å². The fourth-order valence-electron chi connectivity index (χ4n) is 2.09. The van der Waals surface area contributed by atoms with Gasteiger partial charge in [-0.3, -0.25) is 0 Å². The van der Waals surface area contributed by atoms with Crippen LogP contribution >= 0.6 is 15.9 Å². The van der Waals surface area contributed by atoms with Crippen LogP contribution in [-0.4, -0.2) is 31.1 Å². The standard InChI is InChI=1S/C15H17BrN2O6S2/c1-23-13-7-12(16)15(8-14(13)24-2)26(21,22)18-9-10-3-5-11(6-4-10)25(17,19)20/h3-8,18H,9H2,1-2H3,(H2,17,19,20). The molecule has 11 heteroatoms. The van der Waals surface area contributed by atoms with Crippen molar-refractivity contribution in [2.45, 2.75) is 16.3 Å². The lowest BCUT2D eigenvalue weighted by Gasteiger charge is -2.13. The van der Waals surface area contributed by atoms with Crippen LogP contribution in [0.4, 0.5) is 0 Å². The first-order valence-electron chi connectivity index (χ1n) is 7.11. The molecule has 0 unspecified atom stereocenters. The molecule has 26 heavy (non-hydrogen) atoms. The van der Waals surface area contributed by atoms with E-state index in [1.165, 1.54) is 50.6 Å². The highest BCUT2D eigenvalue weighted by Gasteiger charge is 2.21. The zero-order valence-corrected chi connectivity index (χ0v) is 17.1. The lowest BCUT2D eigenvalue weighted by atomic mass is 10.2. The molecular weight excluding hydrogens is 448 g/mol. The molecule has 0 radical (unpaired) electrons. The third kappa shape index (κ3) is 4.74. The number of sulfonamides is 2. The maximum absolute atomic E-state index is 12.6. The molecular formula is C15H17BrN2O6S2. The highest BCUT2D eigenvalue weighted by atomic mass is 79.9. The SMILES string of the molecule is COc1cc(Br)c(S(=O)(=O)NCc2ccc(S(N)(=O)=O)cc2)cc1OC. The summed E-state index contributed by atoms with van der Waals surface area (Å²) in [5.74, 6) is 0.658. The minimum Gasteiger partial charge on any atom is -0.493 e. The second-order valence-electron chi connectivity index (χ2n) is 5.15. The van der Waals surface area contributed by atoms with Gasteiger partial charge in [-0.15, -0.1) is 0 Å². The minimum absolute atomic E-state index is 0.0173. The van der Waals surface area contributed by atoms with Crippen molar-refractivity contribution in [1.82, 2.24) is 4.72 Å². The summed E-state index contributed by atoms with van der Waals surface area (Å²) < 4.78 is 60.6. The Morgan fingerprint density at radius 1 is 1.00 bits per heavy atom. The van der Waals surface area contributed by atoms with Crippen LogP contribution in [-0.2, 0) is 26.6 Å². The maximum atomic E-state index is 12.6. The molecule has 0 aliphatic carbocycles. The maximum Gasteiger partial charge on any atom is 0.242 e. The van der Waals surface area contributed by atoms with Crippen LogP contribution in [0.3, 0.4) is 0 Å². The number of rotatable bonds is 7. The topological polar surface area (TPSA) is 125 Å². The largest absolute Gasteiger partial charge is 0.493 e. The zero-order chi connectivity index (χ0) is 19.5. The molecule has 0 heterocycles. The Morgan fingerprint density at radius 2 is 1.54 bits per heavy atom. The number of methoxy groups -OCH3 is 2. The van der Waals surface area contributed by atoms with E-state index in [-0.39, 0.29) is 22.1 Å². The molecule has 2 aromatic rings. The third-order valence-electron chi connectivity index (χ3n) is 3.45. The van der Waals surface area contributed by atoms with E-state index in [9.17, 15) is 16.8 Å². The second kappa shape index (κ2) is 7.92. The van der Waals surface area contributed by atoms with Gasteiger partial charge in [0.05, 0.1) is 19.1 Å². The fraction of sp³-hybridized carbons (Fsp3) is 0.200. The second-order valence-corrected chi connectivity index (χ2v) is 9.30. The number of nitrogens with two attached hydrogens (primary N) is 1. The molecule has 0 aliphatic heterocycles. The Bertz CT molecular complexity index is 1010. The van der Waals surface area contributed by atoms with Crippen molar-refractivity contribution in [3.63, 3.8) is 0 Å². The average Bonchev–Trinajstić information content (AvgIpc) is 2.59. The van der Waals surface area contributed by atoms with Crippen LogP contribution in [0.5, 0.6) is 11.5 Å². The number of halogens is 1. The van der Waals surface area contributed by atoms with Gasteiger partial charge in [-0.05, 0) is 39.7 Å². The van der Waals surface area contributed by atoms with Crippen molar-refractivity contribution in [2.24, 2.45) is 5.14 Å². The summed E-state index contributed by atoms with van der Waals surface area (Å²) in [4.78, 5) is -0.0666. The van der Waals surface area contributed by atoms with Gasteiger partial charge in [-0.25, -0.2) is 26.7 Å². The van der Waals surface area contributed by atoms with Gasteiger partial charge in [0.25, 0.3) is 0 Å². The lowest BCUT2D eigenvalue weighted by molar-refractivity contribution is 0.353. The number of nitrogens with one attached hydrogen (secondary N) is 1. The normalized spacial score (nSPS) is 12.0. The Kier molecular flexibility index (Phi) is 6.29. The molecule has 2 aromatic carbocycles. The van der Waals surface area contributed by atoms with Crippen LogP contribution in [0, 0.1) is 0 Å². The Hall–Kier alpha value is -1.66. The van der Waals surface area contributed by atoms with E-state index in [4.69, 9.17) is 14.6 Å². The van der Waals surface area contributed by atoms with Gasteiger partial charge in [0.15, 0.2) is 11.5 Å². The van der Waals surface area contributed by atoms with Gasteiger partial charge in [-0.2, -0.15) is 0 Å². The van der Waals surface area contributed by atoms with Gasteiger partial charge < -0.3 is 9.47 Å². The number of hydrogen-bond donors (Lipinski definition) is 2. The zero-order valence-electron chi connectivity index (χ0n) is 13.9. The first-order chi connectivity index (χ1) is 12.1. The van der Waals surface area contributed by atoms with Crippen molar-refractivity contribution in [2.75, 3.05) is 14.2 Å². The predicted molar refractivity (Wildman–Crippen MR) is 99.1 cm³/mol. The van der Waals surface area contributed by atoms with Crippen LogP contribution in [0.25, 0.3) is 0 Å². The van der Waals surface area contributed by atoms with E-state index in [0.717, 1.165) is 0 Å². The number of primary sulfonamides is 1. The fourth-order valence-corrected chi connectivity index (χ4v) is 4.66. The average molecular weight is 465 g/mol. The lowest BCUT2D eigenvalue weighted by Crippen LogP contribution is -2.23. The number of hydrogen-bond acceptors (Lipinski definition) is 6. The van der Waals surface area contributed by atoms with Gasteiger partial charge >= 0.3 is 0 Å². The Balaban J connectivity index is 2.24. The molecule has 142 valence electrons. The van der Waals surface area contributed by atoms with E-state index in [0.29, 0.717) is 15.8 Å². The van der Waals surface area contributed by atoms with E-state index >= 15 is 0 Å².